The van der Waals surface area contributed by atoms with E-state index in [0.717, 1.165) is 16.5 Å². The molecule has 2 aliphatic rings. The number of halogens is 2. The first-order valence-corrected chi connectivity index (χ1v) is 10.0. The third-order valence-corrected chi connectivity index (χ3v) is 5.65. The van der Waals surface area contributed by atoms with Gasteiger partial charge in [-0.25, -0.2) is 13.8 Å². The average molecular weight is 412 g/mol. The molecular formula is C22H22F2N4O2. The summed E-state index contributed by atoms with van der Waals surface area (Å²) in [4.78, 5) is 24.0. The zero-order valence-electron chi connectivity index (χ0n) is 16.8. The molecule has 0 atom stereocenters. The minimum absolute atomic E-state index is 0.0637. The lowest BCUT2D eigenvalue weighted by molar-refractivity contribution is -0.00832. The molecule has 2 aromatic heterocycles. The first-order chi connectivity index (χ1) is 14.2. The van der Waals surface area contributed by atoms with Crippen LogP contribution < -0.4 is 10.1 Å². The fourth-order valence-corrected chi connectivity index (χ4v) is 3.90. The number of Topliss-reactive ketones (excluding diaryl/α,β-unsaturated/α-hetero) is 1. The quantitative estimate of drug-likeness (QED) is 0.628. The van der Waals surface area contributed by atoms with Crippen LogP contribution in [0.5, 0.6) is 5.75 Å². The minimum Gasteiger partial charge on any atom is -0.487 e. The van der Waals surface area contributed by atoms with Gasteiger partial charge in [-0.2, -0.15) is 4.98 Å². The van der Waals surface area contributed by atoms with Crippen molar-refractivity contribution < 1.29 is 18.3 Å². The summed E-state index contributed by atoms with van der Waals surface area (Å²) in [7, 11) is 0. The van der Waals surface area contributed by atoms with Gasteiger partial charge in [0.2, 0.25) is 5.95 Å². The molecular weight excluding hydrogens is 390 g/mol. The lowest BCUT2D eigenvalue weighted by atomic mass is 9.91. The molecule has 5 rings (SSSR count). The van der Waals surface area contributed by atoms with E-state index < -0.39 is 24.0 Å². The van der Waals surface area contributed by atoms with Crippen molar-refractivity contribution in [3.05, 3.63) is 36.2 Å². The standard InChI is InChI=1S/C22H22F2N4O2/c1-21(2)8-17(29)14-6-3-12(7-18(14)30-21)15-9-25-19-16(15)10-26-20(28-19)27-11-22(23,24)13-4-5-13/h3,6-7,9-10,13H,4-5,8,11H2,1-2H3,(H2,25,26,27,28). The van der Waals surface area contributed by atoms with Crippen LogP contribution in [0, 0.1) is 5.92 Å². The summed E-state index contributed by atoms with van der Waals surface area (Å²) in [6.07, 6.45) is 4.89. The number of carbonyl (C=O) groups is 1. The van der Waals surface area contributed by atoms with Gasteiger partial charge < -0.3 is 15.0 Å². The van der Waals surface area contributed by atoms with E-state index in [4.69, 9.17) is 4.74 Å². The number of alkyl halides is 2. The summed E-state index contributed by atoms with van der Waals surface area (Å²) >= 11 is 0. The SMILES string of the molecule is CC1(C)CC(=O)c2ccc(-c3c[nH]c4nc(NCC(F)(F)C5CC5)ncc34)cc2O1. The lowest BCUT2D eigenvalue weighted by Crippen LogP contribution is -2.35. The molecule has 1 aliphatic carbocycles. The van der Waals surface area contributed by atoms with Crippen molar-refractivity contribution in [1.82, 2.24) is 15.0 Å². The fraction of sp³-hybridized carbons (Fsp3) is 0.409. The number of aromatic nitrogens is 3. The average Bonchev–Trinajstić information content (AvgIpc) is 3.46. The van der Waals surface area contributed by atoms with Gasteiger partial charge in [0.1, 0.15) is 17.0 Å². The van der Waals surface area contributed by atoms with Crippen molar-refractivity contribution in [3.63, 3.8) is 0 Å². The Hall–Kier alpha value is -3.03. The highest BCUT2D eigenvalue weighted by Crippen LogP contribution is 2.43. The number of benzene rings is 1. The van der Waals surface area contributed by atoms with Crippen LogP contribution in [0.4, 0.5) is 14.7 Å². The second-order valence-electron chi connectivity index (χ2n) is 8.72. The number of H-pyrrole nitrogens is 1. The molecule has 0 saturated heterocycles. The predicted octanol–water partition coefficient (Wildman–Crippen LogP) is 4.83. The van der Waals surface area contributed by atoms with Crippen LogP contribution >= 0.6 is 0 Å². The number of nitrogens with one attached hydrogen (secondary N) is 2. The molecule has 156 valence electrons. The van der Waals surface area contributed by atoms with Gasteiger partial charge in [-0.1, -0.05) is 6.07 Å². The van der Waals surface area contributed by atoms with Crippen molar-refractivity contribution in [2.24, 2.45) is 5.92 Å². The van der Waals surface area contributed by atoms with E-state index in [1.807, 2.05) is 26.0 Å². The van der Waals surface area contributed by atoms with E-state index in [0.29, 0.717) is 36.2 Å². The van der Waals surface area contributed by atoms with Crippen LogP contribution in [-0.4, -0.2) is 38.8 Å². The summed E-state index contributed by atoms with van der Waals surface area (Å²) in [5.41, 5.74) is 2.29. The number of hydrogen-bond acceptors (Lipinski definition) is 5. The van der Waals surface area contributed by atoms with Gasteiger partial charge in [-0.15, -0.1) is 0 Å². The molecule has 3 heterocycles. The zero-order chi connectivity index (χ0) is 21.1. The Balaban J connectivity index is 1.42. The van der Waals surface area contributed by atoms with Crippen LogP contribution in [0.2, 0.25) is 0 Å². The molecule has 30 heavy (non-hydrogen) atoms. The monoisotopic (exact) mass is 412 g/mol. The Morgan fingerprint density at radius 3 is 2.87 bits per heavy atom. The highest BCUT2D eigenvalue weighted by molar-refractivity contribution is 6.02. The number of hydrogen-bond donors (Lipinski definition) is 2. The molecule has 1 aliphatic heterocycles. The second-order valence-corrected chi connectivity index (χ2v) is 8.72. The van der Waals surface area contributed by atoms with Crippen LogP contribution in [0.3, 0.4) is 0 Å². The van der Waals surface area contributed by atoms with Gasteiger partial charge in [0.25, 0.3) is 5.92 Å². The maximum Gasteiger partial charge on any atom is 0.267 e. The molecule has 0 unspecified atom stereocenters. The smallest absolute Gasteiger partial charge is 0.267 e. The highest BCUT2D eigenvalue weighted by atomic mass is 19.3. The van der Waals surface area contributed by atoms with E-state index in [1.54, 1.807) is 18.5 Å². The van der Waals surface area contributed by atoms with Gasteiger partial charge in [-0.05, 0) is 44.4 Å². The zero-order valence-corrected chi connectivity index (χ0v) is 16.8. The minimum atomic E-state index is -2.74. The number of carbonyl (C=O) groups excluding carboxylic acids is 1. The Morgan fingerprint density at radius 1 is 1.30 bits per heavy atom. The molecule has 0 bridgehead atoms. The number of rotatable bonds is 5. The molecule has 6 nitrogen and oxygen atoms in total. The molecule has 0 amide bonds. The lowest BCUT2D eigenvalue weighted by Gasteiger charge is -2.31. The van der Waals surface area contributed by atoms with Gasteiger partial charge in [0.15, 0.2) is 5.78 Å². The highest BCUT2D eigenvalue weighted by Gasteiger charge is 2.46. The summed E-state index contributed by atoms with van der Waals surface area (Å²) in [5.74, 6) is -2.49. The van der Waals surface area contributed by atoms with Gasteiger partial charge in [0.05, 0.1) is 18.5 Å². The number of nitrogens with zero attached hydrogens (tertiary/aromatic N) is 2. The Bertz CT molecular complexity index is 1150. The van der Waals surface area contributed by atoms with Gasteiger partial charge in [0, 0.05) is 29.3 Å². The fourth-order valence-electron chi connectivity index (χ4n) is 3.90. The second kappa shape index (κ2) is 6.48. The van der Waals surface area contributed by atoms with Crippen molar-refractivity contribution >= 4 is 22.8 Å². The predicted molar refractivity (Wildman–Crippen MR) is 109 cm³/mol. The normalized spacial score (nSPS) is 18.2. The van der Waals surface area contributed by atoms with Crippen molar-refractivity contribution in [1.29, 1.82) is 0 Å². The first kappa shape index (κ1) is 19.0. The summed E-state index contributed by atoms with van der Waals surface area (Å²) in [6.45, 7) is 3.31. The van der Waals surface area contributed by atoms with Gasteiger partial charge in [-0.3, -0.25) is 4.79 Å². The van der Waals surface area contributed by atoms with Crippen LogP contribution in [-0.2, 0) is 0 Å². The molecule has 8 heteroatoms. The molecule has 0 spiro atoms. The number of ketones is 1. The van der Waals surface area contributed by atoms with Crippen LogP contribution in [0.15, 0.2) is 30.6 Å². The number of aromatic amines is 1. The molecule has 1 aromatic carbocycles. The number of ether oxygens (including phenoxy) is 1. The number of fused-ring (bicyclic) bond motifs is 2. The third kappa shape index (κ3) is 3.40. The maximum atomic E-state index is 13.9. The van der Waals surface area contributed by atoms with E-state index in [2.05, 4.69) is 20.3 Å². The summed E-state index contributed by atoms with van der Waals surface area (Å²) in [5, 5.41) is 3.41. The van der Waals surface area contributed by atoms with Crippen LogP contribution in [0.1, 0.15) is 43.5 Å². The van der Waals surface area contributed by atoms with E-state index in [1.165, 1.54) is 0 Å². The molecule has 0 radical (unpaired) electrons. The van der Waals surface area contributed by atoms with Gasteiger partial charge >= 0.3 is 0 Å². The van der Waals surface area contributed by atoms with E-state index in [9.17, 15) is 13.6 Å². The molecule has 3 aromatic rings. The summed E-state index contributed by atoms with van der Waals surface area (Å²) < 4.78 is 33.8. The van der Waals surface area contributed by atoms with Crippen molar-refractivity contribution in [2.75, 3.05) is 11.9 Å². The largest absolute Gasteiger partial charge is 0.487 e. The maximum absolute atomic E-state index is 13.9. The van der Waals surface area contributed by atoms with Crippen molar-refractivity contribution in [2.45, 2.75) is 44.6 Å². The molecule has 2 N–H and O–H groups in total. The van der Waals surface area contributed by atoms with E-state index >= 15 is 0 Å². The van der Waals surface area contributed by atoms with Crippen LogP contribution in [0.25, 0.3) is 22.2 Å². The molecule has 1 saturated carbocycles. The first-order valence-electron chi connectivity index (χ1n) is 10.0. The summed E-state index contributed by atoms with van der Waals surface area (Å²) in [6, 6.07) is 5.49. The molecule has 1 fully saturated rings. The third-order valence-electron chi connectivity index (χ3n) is 5.65. The Kier molecular flexibility index (Phi) is 4.10. The van der Waals surface area contributed by atoms with Crippen molar-refractivity contribution in [3.8, 4) is 16.9 Å². The van der Waals surface area contributed by atoms with E-state index in [-0.39, 0.29) is 11.7 Å². The topological polar surface area (TPSA) is 79.9 Å². The number of anilines is 1. The Labute approximate surface area is 172 Å². The Morgan fingerprint density at radius 2 is 2.10 bits per heavy atom.